The number of amides is 1. The molecule has 9 nitrogen and oxygen atoms in total. The van der Waals surface area contributed by atoms with E-state index in [-0.39, 0.29) is 16.8 Å². The minimum atomic E-state index is -3.88. The third kappa shape index (κ3) is 4.98. The average Bonchev–Trinajstić information content (AvgIpc) is 3.36. The Bertz CT molecular complexity index is 1590. The van der Waals surface area contributed by atoms with E-state index >= 15 is 0 Å². The van der Waals surface area contributed by atoms with E-state index in [1.807, 2.05) is 60.7 Å². The highest BCUT2D eigenvalue weighted by Crippen LogP contribution is 2.23. The van der Waals surface area contributed by atoms with Gasteiger partial charge in [0.2, 0.25) is 5.95 Å². The Labute approximate surface area is 207 Å². The molecule has 0 bridgehead atoms. The fourth-order valence-electron chi connectivity index (χ4n) is 3.50. The lowest BCUT2D eigenvalue weighted by Gasteiger charge is -2.10. The number of nitrogens with one attached hydrogen (secondary N) is 2. The van der Waals surface area contributed by atoms with Crippen LogP contribution < -0.4 is 10.0 Å². The van der Waals surface area contributed by atoms with Crippen molar-refractivity contribution in [3.8, 4) is 16.9 Å². The van der Waals surface area contributed by atoms with Crippen LogP contribution in [0.1, 0.15) is 10.5 Å². The van der Waals surface area contributed by atoms with Gasteiger partial charge in [0.25, 0.3) is 15.9 Å². The van der Waals surface area contributed by atoms with Gasteiger partial charge in [0.05, 0.1) is 16.3 Å². The van der Waals surface area contributed by atoms with E-state index < -0.39 is 10.0 Å². The number of hydrogen-bond donors (Lipinski definition) is 2. The van der Waals surface area contributed by atoms with Crippen LogP contribution in [0.25, 0.3) is 16.9 Å². The summed E-state index contributed by atoms with van der Waals surface area (Å²) in [5.74, 6) is -0.418. The van der Waals surface area contributed by atoms with Crippen molar-refractivity contribution in [3.63, 3.8) is 0 Å². The Kier molecular flexibility index (Phi) is 6.25. The van der Waals surface area contributed by atoms with Gasteiger partial charge in [0, 0.05) is 23.6 Å². The quantitative estimate of drug-likeness (QED) is 0.345. The predicted molar refractivity (Wildman–Crippen MR) is 136 cm³/mol. The minimum Gasteiger partial charge on any atom is -0.321 e. The van der Waals surface area contributed by atoms with Gasteiger partial charge in [-0.2, -0.15) is 5.10 Å². The zero-order valence-electron chi connectivity index (χ0n) is 18.8. The number of nitrogens with zero attached hydrogens (tertiary/aromatic N) is 4. The second-order valence-corrected chi connectivity index (χ2v) is 9.37. The molecule has 2 heterocycles. The first kappa shape index (κ1) is 22.9. The molecule has 0 saturated heterocycles. The highest BCUT2D eigenvalue weighted by atomic mass is 32.2. The van der Waals surface area contributed by atoms with Gasteiger partial charge in [0.15, 0.2) is 0 Å². The molecule has 0 saturated carbocycles. The summed E-state index contributed by atoms with van der Waals surface area (Å²) in [6.07, 6.45) is 2.87. The summed E-state index contributed by atoms with van der Waals surface area (Å²) in [5, 5.41) is 7.48. The zero-order valence-corrected chi connectivity index (χ0v) is 19.6. The van der Waals surface area contributed by atoms with Crippen LogP contribution in [0.5, 0.6) is 0 Å². The Balaban J connectivity index is 1.40. The first-order chi connectivity index (χ1) is 17.5. The maximum absolute atomic E-state index is 13.3. The lowest BCUT2D eigenvalue weighted by Crippen LogP contribution is -2.17. The summed E-state index contributed by atoms with van der Waals surface area (Å²) in [6.45, 7) is 0. The molecule has 5 rings (SSSR count). The lowest BCUT2D eigenvalue weighted by atomic mass is 10.1. The molecule has 0 atom stereocenters. The fourth-order valence-corrected chi connectivity index (χ4v) is 4.46. The largest absolute Gasteiger partial charge is 0.321 e. The summed E-state index contributed by atoms with van der Waals surface area (Å²) in [7, 11) is -3.88. The Hall–Kier alpha value is -4.83. The molecule has 2 N–H and O–H groups in total. The third-order valence-corrected chi connectivity index (χ3v) is 6.57. The van der Waals surface area contributed by atoms with E-state index in [9.17, 15) is 13.2 Å². The van der Waals surface area contributed by atoms with Gasteiger partial charge in [-0.05, 0) is 48.5 Å². The van der Waals surface area contributed by atoms with E-state index in [4.69, 9.17) is 0 Å². The molecule has 3 aromatic carbocycles. The van der Waals surface area contributed by atoms with Gasteiger partial charge in [0.1, 0.15) is 5.69 Å². The molecular weight excluding hydrogens is 476 g/mol. The molecule has 0 unspecified atom stereocenters. The molecule has 1 amide bonds. The van der Waals surface area contributed by atoms with E-state index in [2.05, 4.69) is 25.1 Å². The summed E-state index contributed by atoms with van der Waals surface area (Å²) in [4.78, 5) is 21.0. The molecule has 36 heavy (non-hydrogen) atoms. The van der Waals surface area contributed by atoms with Crippen LogP contribution in [0.15, 0.2) is 114 Å². The van der Waals surface area contributed by atoms with E-state index in [0.717, 1.165) is 11.3 Å². The van der Waals surface area contributed by atoms with Crippen molar-refractivity contribution in [1.82, 2.24) is 19.7 Å². The molecule has 0 spiro atoms. The number of aromatic nitrogens is 4. The highest BCUT2D eigenvalue weighted by Gasteiger charge is 2.19. The van der Waals surface area contributed by atoms with Crippen LogP contribution in [0.2, 0.25) is 0 Å². The van der Waals surface area contributed by atoms with Crippen molar-refractivity contribution in [2.75, 3.05) is 10.0 Å². The van der Waals surface area contributed by atoms with Crippen LogP contribution in [0.4, 0.5) is 11.6 Å². The van der Waals surface area contributed by atoms with Crippen molar-refractivity contribution in [1.29, 1.82) is 0 Å². The zero-order chi connectivity index (χ0) is 25.0. The topological polar surface area (TPSA) is 119 Å². The summed E-state index contributed by atoms with van der Waals surface area (Å²) in [5.41, 5.74) is 3.03. The highest BCUT2D eigenvalue weighted by molar-refractivity contribution is 7.92. The first-order valence-electron chi connectivity index (χ1n) is 10.9. The smallest absolute Gasteiger partial charge is 0.274 e. The molecule has 2 aromatic heterocycles. The normalized spacial score (nSPS) is 11.1. The van der Waals surface area contributed by atoms with Crippen LogP contribution >= 0.6 is 0 Å². The third-order valence-electron chi connectivity index (χ3n) is 5.23. The number of sulfonamides is 1. The van der Waals surface area contributed by atoms with Gasteiger partial charge in [-0.25, -0.2) is 27.8 Å². The van der Waals surface area contributed by atoms with Gasteiger partial charge in [-0.15, -0.1) is 0 Å². The predicted octanol–water partition coefficient (Wildman–Crippen LogP) is 4.38. The SMILES string of the molecule is O=C(Nc1ccc(S(=O)(=O)Nc2ncccn2)cc1)c1cc(-c2ccccc2)nn1-c1ccccc1. The molecule has 178 valence electrons. The van der Waals surface area contributed by atoms with Crippen LogP contribution in [-0.2, 0) is 10.0 Å². The van der Waals surface area contributed by atoms with Gasteiger partial charge in [-0.3, -0.25) is 4.79 Å². The number of anilines is 2. The van der Waals surface area contributed by atoms with Crippen LogP contribution in [0, 0.1) is 0 Å². The van der Waals surface area contributed by atoms with E-state index in [0.29, 0.717) is 17.1 Å². The minimum absolute atomic E-state index is 0.00800. The second kappa shape index (κ2) is 9.80. The van der Waals surface area contributed by atoms with Crippen LogP contribution in [-0.4, -0.2) is 34.1 Å². The summed E-state index contributed by atoms with van der Waals surface area (Å²) >= 11 is 0. The molecule has 10 heteroatoms. The van der Waals surface area contributed by atoms with Crippen molar-refractivity contribution < 1.29 is 13.2 Å². The number of hydrogen-bond acceptors (Lipinski definition) is 6. The Morgan fingerprint density at radius 1 is 0.778 bits per heavy atom. The molecule has 0 radical (unpaired) electrons. The molecule has 0 fully saturated rings. The van der Waals surface area contributed by atoms with E-state index in [1.54, 1.807) is 16.8 Å². The molecule has 0 aliphatic carbocycles. The average molecular weight is 497 g/mol. The summed E-state index contributed by atoms with van der Waals surface area (Å²) in [6, 6.07) is 28.1. The van der Waals surface area contributed by atoms with Crippen molar-refractivity contribution in [2.24, 2.45) is 0 Å². The number of rotatable bonds is 7. The first-order valence-corrected chi connectivity index (χ1v) is 12.4. The van der Waals surface area contributed by atoms with Gasteiger partial charge in [-0.1, -0.05) is 48.5 Å². The van der Waals surface area contributed by atoms with Crippen molar-refractivity contribution >= 4 is 27.6 Å². The van der Waals surface area contributed by atoms with Gasteiger partial charge >= 0.3 is 0 Å². The van der Waals surface area contributed by atoms with Gasteiger partial charge < -0.3 is 5.32 Å². The maximum Gasteiger partial charge on any atom is 0.274 e. The molecular formula is C26H20N6O3S. The fraction of sp³-hybridized carbons (Fsp3) is 0. The maximum atomic E-state index is 13.3. The monoisotopic (exact) mass is 496 g/mol. The second-order valence-electron chi connectivity index (χ2n) is 7.68. The number of carbonyl (C=O) groups excluding carboxylic acids is 1. The number of benzene rings is 3. The Morgan fingerprint density at radius 2 is 1.42 bits per heavy atom. The van der Waals surface area contributed by atoms with Crippen molar-refractivity contribution in [3.05, 3.63) is 115 Å². The molecule has 5 aromatic rings. The Morgan fingerprint density at radius 3 is 2.08 bits per heavy atom. The number of para-hydroxylation sites is 1. The summed E-state index contributed by atoms with van der Waals surface area (Å²) < 4.78 is 29.1. The van der Waals surface area contributed by atoms with Crippen molar-refractivity contribution in [2.45, 2.75) is 4.90 Å². The molecule has 0 aliphatic rings. The lowest BCUT2D eigenvalue weighted by molar-refractivity contribution is 0.101. The number of carbonyl (C=O) groups is 1. The standard InChI is InChI=1S/C26H20N6O3S/c33-25(29-20-12-14-22(15-13-20)36(34,35)31-26-27-16-7-17-28-26)24-18-23(19-8-3-1-4-9-19)30-32(24)21-10-5-2-6-11-21/h1-18H,(H,29,33)(H,27,28,31). The van der Waals surface area contributed by atoms with E-state index in [1.165, 1.54) is 36.7 Å². The molecule has 0 aliphatic heterocycles. The van der Waals surface area contributed by atoms with Crippen LogP contribution in [0.3, 0.4) is 0 Å².